The summed E-state index contributed by atoms with van der Waals surface area (Å²) < 4.78 is 23.9. The maximum Gasteiger partial charge on any atom is 0.329 e. The quantitative estimate of drug-likeness (QED) is 0.354. The summed E-state index contributed by atoms with van der Waals surface area (Å²) in [6.45, 7) is 9.62. The van der Waals surface area contributed by atoms with Crippen molar-refractivity contribution in [2.45, 2.75) is 116 Å². The highest BCUT2D eigenvalue weighted by atomic mass is 16.6. The molecule has 6 rings (SSSR count). The van der Waals surface area contributed by atoms with Crippen LogP contribution in [0.15, 0.2) is 24.3 Å². The third-order valence-electron chi connectivity index (χ3n) is 10.5. The molecule has 1 aromatic heterocycles. The maximum atomic E-state index is 14.7. The number of aromatic nitrogens is 2. The summed E-state index contributed by atoms with van der Waals surface area (Å²) in [5.41, 5.74) is 0.788. The number of benzene rings is 1. The SMILES string of the molecule is COc1ccc2nc3c(nc2c1)O[C@H]1CN(C(=O)[C@H](C2(C)CCCC2)CC(=O)O[C@@H]2C[C@H]2CCC/C=C/3)[C@H](C(=O)OC(C)(C)C)[C@@H]1C. The zero-order chi connectivity index (χ0) is 33.5. The molecule has 0 radical (unpaired) electrons. The van der Waals surface area contributed by atoms with Gasteiger partial charge in [-0.2, -0.15) is 0 Å². The Labute approximate surface area is 277 Å². The van der Waals surface area contributed by atoms with Crippen molar-refractivity contribution < 1.29 is 33.3 Å². The molecule has 2 aromatic rings. The Hall–Kier alpha value is -3.69. The first-order valence-corrected chi connectivity index (χ1v) is 17.3. The van der Waals surface area contributed by atoms with Gasteiger partial charge in [-0.3, -0.25) is 9.59 Å². The maximum absolute atomic E-state index is 14.7. The number of fused-ring (bicyclic) bond motifs is 5. The molecule has 2 saturated carbocycles. The monoisotopic (exact) mass is 647 g/mol. The molecule has 4 aliphatic rings. The first-order chi connectivity index (χ1) is 22.3. The Balaban J connectivity index is 1.41. The molecule has 2 bridgehead atoms. The van der Waals surface area contributed by atoms with E-state index in [4.69, 9.17) is 28.9 Å². The lowest BCUT2D eigenvalue weighted by Crippen LogP contribution is -2.50. The van der Waals surface area contributed by atoms with E-state index in [1.165, 1.54) is 0 Å². The van der Waals surface area contributed by atoms with E-state index < -0.39 is 35.6 Å². The molecule has 10 nitrogen and oxygen atoms in total. The number of hydrogen-bond acceptors (Lipinski definition) is 9. The number of allylic oxidation sites excluding steroid dienone is 1. The molecule has 2 aliphatic heterocycles. The third kappa shape index (κ3) is 7.26. The van der Waals surface area contributed by atoms with Gasteiger partial charge < -0.3 is 23.8 Å². The first-order valence-electron chi connectivity index (χ1n) is 17.3. The predicted octanol–water partition coefficient (Wildman–Crippen LogP) is 6.29. The van der Waals surface area contributed by atoms with Crippen LogP contribution in [0.1, 0.15) is 98.1 Å². The van der Waals surface area contributed by atoms with Gasteiger partial charge in [-0.1, -0.05) is 32.8 Å². The second kappa shape index (κ2) is 13.1. The highest BCUT2D eigenvalue weighted by Crippen LogP contribution is 2.48. The van der Waals surface area contributed by atoms with Crippen LogP contribution in [0.3, 0.4) is 0 Å². The summed E-state index contributed by atoms with van der Waals surface area (Å²) in [6, 6.07) is 4.65. The number of ether oxygens (including phenoxy) is 4. The lowest BCUT2D eigenvalue weighted by atomic mass is 9.73. The van der Waals surface area contributed by atoms with Crippen LogP contribution in [-0.2, 0) is 23.9 Å². The van der Waals surface area contributed by atoms with Crippen molar-refractivity contribution in [3.05, 3.63) is 30.0 Å². The van der Waals surface area contributed by atoms with E-state index in [1.54, 1.807) is 12.0 Å². The van der Waals surface area contributed by atoms with Crippen LogP contribution in [0.25, 0.3) is 17.1 Å². The van der Waals surface area contributed by atoms with Crippen LogP contribution in [-0.4, -0.2) is 70.2 Å². The second-order valence-corrected chi connectivity index (χ2v) is 15.2. The Morgan fingerprint density at radius 2 is 1.81 bits per heavy atom. The van der Waals surface area contributed by atoms with E-state index in [1.807, 2.05) is 52.0 Å². The fourth-order valence-electron chi connectivity index (χ4n) is 7.64. The minimum Gasteiger partial charge on any atom is -0.497 e. The van der Waals surface area contributed by atoms with E-state index in [2.05, 4.69) is 13.0 Å². The molecule has 10 heteroatoms. The Bertz CT molecular complexity index is 1540. The topological polar surface area (TPSA) is 117 Å². The molecule has 3 fully saturated rings. The van der Waals surface area contributed by atoms with Gasteiger partial charge in [-0.05, 0) is 88.8 Å². The van der Waals surface area contributed by atoms with Gasteiger partial charge in [0, 0.05) is 12.0 Å². The zero-order valence-corrected chi connectivity index (χ0v) is 28.6. The molecule has 1 aromatic carbocycles. The zero-order valence-electron chi connectivity index (χ0n) is 28.6. The molecule has 3 heterocycles. The van der Waals surface area contributed by atoms with Crippen LogP contribution >= 0.6 is 0 Å². The molecular weight excluding hydrogens is 598 g/mol. The average Bonchev–Trinajstić information content (AvgIpc) is 3.43. The molecule has 1 saturated heterocycles. The number of methoxy groups -OCH3 is 1. The third-order valence-corrected chi connectivity index (χ3v) is 10.5. The van der Waals surface area contributed by atoms with Crippen LogP contribution in [0.5, 0.6) is 11.6 Å². The summed E-state index contributed by atoms with van der Waals surface area (Å²) in [7, 11) is 1.60. The van der Waals surface area contributed by atoms with Crippen LogP contribution < -0.4 is 9.47 Å². The Kier molecular flexibility index (Phi) is 9.24. The highest BCUT2D eigenvalue weighted by molar-refractivity contribution is 5.90. The van der Waals surface area contributed by atoms with E-state index in [9.17, 15) is 14.4 Å². The molecule has 6 atom stereocenters. The number of nitrogens with zero attached hydrogens (tertiary/aromatic N) is 3. The van der Waals surface area contributed by atoms with Crippen LogP contribution in [0.2, 0.25) is 0 Å². The number of carbonyl (C=O) groups excluding carboxylic acids is 3. The fourth-order valence-corrected chi connectivity index (χ4v) is 7.64. The fraction of sp³-hybridized carbons (Fsp3) is 0.649. The summed E-state index contributed by atoms with van der Waals surface area (Å²) in [6.07, 6.45) is 10.6. The number of rotatable bonds is 3. The first kappa shape index (κ1) is 33.2. The Morgan fingerprint density at radius 3 is 2.53 bits per heavy atom. The van der Waals surface area contributed by atoms with Crippen molar-refractivity contribution >= 4 is 35.0 Å². The second-order valence-electron chi connectivity index (χ2n) is 15.2. The molecule has 0 N–H and O–H groups in total. The lowest BCUT2D eigenvalue weighted by molar-refractivity contribution is -0.167. The van der Waals surface area contributed by atoms with Gasteiger partial charge in [-0.25, -0.2) is 14.8 Å². The number of esters is 2. The van der Waals surface area contributed by atoms with Gasteiger partial charge in [0.2, 0.25) is 11.8 Å². The van der Waals surface area contributed by atoms with Crippen LogP contribution in [0.4, 0.5) is 0 Å². The van der Waals surface area contributed by atoms with Crippen molar-refractivity contribution in [2.24, 2.45) is 23.2 Å². The van der Waals surface area contributed by atoms with E-state index in [-0.39, 0.29) is 36.4 Å². The molecule has 47 heavy (non-hydrogen) atoms. The predicted molar refractivity (Wildman–Crippen MR) is 177 cm³/mol. The van der Waals surface area contributed by atoms with Gasteiger partial charge in [-0.15, -0.1) is 0 Å². The largest absolute Gasteiger partial charge is 0.497 e. The van der Waals surface area contributed by atoms with Crippen molar-refractivity contribution in [3.8, 4) is 11.6 Å². The van der Waals surface area contributed by atoms with Crippen molar-refractivity contribution in [1.29, 1.82) is 0 Å². The van der Waals surface area contributed by atoms with Gasteiger partial charge in [0.05, 0.1) is 37.0 Å². The van der Waals surface area contributed by atoms with Gasteiger partial charge in [0.15, 0.2) is 0 Å². The highest BCUT2D eigenvalue weighted by Gasteiger charge is 2.53. The van der Waals surface area contributed by atoms with E-state index in [0.29, 0.717) is 34.3 Å². The molecule has 254 valence electrons. The van der Waals surface area contributed by atoms with Crippen molar-refractivity contribution in [2.75, 3.05) is 13.7 Å². The normalized spacial score (nSPS) is 30.3. The summed E-state index contributed by atoms with van der Waals surface area (Å²) >= 11 is 0. The molecule has 1 amide bonds. The van der Waals surface area contributed by atoms with E-state index in [0.717, 1.165) is 51.4 Å². The number of carbonyl (C=O) groups is 3. The van der Waals surface area contributed by atoms with Crippen molar-refractivity contribution in [1.82, 2.24) is 14.9 Å². The van der Waals surface area contributed by atoms with Crippen LogP contribution in [0, 0.1) is 23.2 Å². The molecule has 2 aliphatic carbocycles. The Morgan fingerprint density at radius 1 is 1.04 bits per heavy atom. The van der Waals surface area contributed by atoms with Gasteiger partial charge >= 0.3 is 11.9 Å². The summed E-state index contributed by atoms with van der Waals surface area (Å²) in [4.78, 5) is 53.4. The van der Waals surface area contributed by atoms with Gasteiger partial charge in [0.1, 0.15) is 35.3 Å². The molecule has 0 unspecified atom stereocenters. The van der Waals surface area contributed by atoms with E-state index >= 15 is 0 Å². The van der Waals surface area contributed by atoms with Gasteiger partial charge in [0.25, 0.3) is 0 Å². The minimum atomic E-state index is -0.891. The smallest absolute Gasteiger partial charge is 0.329 e. The van der Waals surface area contributed by atoms with Crippen molar-refractivity contribution in [3.63, 3.8) is 0 Å². The lowest BCUT2D eigenvalue weighted by Gasteiger charge is -2.37. The standard InChI is InChI=1S/C37H49N3O7/c1-22-30-21-40(32(22)35(43)47-36(2,3)4)34(42)25(37(5)16-10-11-17-37)20-31(41)45-29-18-23(29)12-8-7-9-13-27-33(46-30)39-28-19-24(44-6)14-15-26(28)38-27/h9,13-15,19,22-23,25,29-30,32H,7-8,10-12,16-18,20-21H2,1-6H3/b13-9+/t22-,23-,25-,29-,30+,32+/m1/s1. The molecular formula is C37H49N3O7. The minimum absolute atomic E-state index is 0.000859. The number of amides is 1. The summed E-state index contributed by atoms with van der Waals surface area (Å²) in [5, 5.41) is 0. The average molecular weight is 648 g/mol. The molecule has 0 spiro atoms. The summed E-state index contributed by atoms with van der Waals surface area (Å²) in [5.74, 6) is -0.739. The number of hydrogen-bond donors (Lipinski definition) is 0.